The predicted octanol–water partition coefficient (Wildman–Crippen LogP) is 1.63. The van der Waals surface area contributed by atoms with Crippen molar-refractivity contribution in [3.05, 3.63) is 48.0 Å². The van der Waals surface area contributed by atoms with Crippen LogP contribution in [0.5, 0.6) is 0 Å². The van der Waals surface area contributed by atoms with Crippen molar-refractivity contribution in [2.75, 3.05) is 26.2 Å². The second kappa shape index (κ2) is 8.32. The van der Waals surface area contributed by atoms with Crippen LogP contribution in [0.3, 0.4) is 0 Å². The van der Waals surface area contributed by atoms with Gasteiger partial charge in [-0.05, 0) is 18.9 Å². The molecule has 0 saturated carbocycles. The van der Waals surface area contributed by atoms with Crippen molar-refractivity contribution in [2.45, 2.75) is 31.6 Å². The summed E-state index contributed by atoms with van der Waals surface area (Å²) in [5, 5.41) is 18.0. The molecule has 0 bridgehead atoms. The van der Waals surface area contributed by atoms with E-state index in [2.05, 4.69) is 15.2 Å². The molecule has 0 amide bonds. The molecule has 1 aromatic carbocycles. The van der Waals surface area contributed by atoms with Gasteiger partial charge in [0.2, 0.25) is 0 Å². The van der Waals surface area contributed by atoms with E-state index in [1.807, 2.05) is 10.9 Å². The number of aliphatic hydroxyl groups excluding tert-OH is 1. The highest BCUT2D eigenvalue weighted by molar-refractivity contribution is 5.16. The molecule has 2 heterocycles. The Morgan fingerprint density at radius 2 is 2.08 bits per heavy atom. The zero-order valence-electron chi connectivity index (χ0n) is 13.6. The molecule has 1 aliphatic heterocycles. The molecule has 0 aliphatic carbocycles. The summed E-state index contributed by atoms with van der Waals surface area (Å²) in [7, 11) is 0. The third kappa shape index (κ3) is 4.59. The van der Waals surface area contributed by atoms with Gasteiger partial charge in [0.05, 0.1) is 31.6 Å². The van der Waals surface area contributed by atoms with Crippen molar-refractivity contribution in [3.8, 4) is 0 Å². The minimum Gasteiger partial charge on any atom is -0.389 e. The second-order valence-corrected chi connectivity index (χ2v) is 6.18. The highest BCUT2D eigenvalue weighted by atomic mass is 19.1. The predicted molar refractivity (Wildman–Crippen MR) is 86.8 cm³/mol. The van der Waals surface area contributed by atoms with E-state index < -0.39 is 6.10 Å². The zero-order valence-corrected chi connectivity index (χ0v) is 13.6. The number of nitrogens with zero attached hydrogens (tertiary/aromatic N) is 4. The number of rotatable bonds is 7. The van der Waals surface area contributed by atoms with E-state index in [0.717, 1.165) is 25.9 Å². The molecule has 2 aromatic rings. The van der Waals surface area contributed by atoms with Gasteiger partial charge in [0.1, 0.15) is 5.82 Å². The van der Waals surface area contributed by atoms with Crippen LogP contribution in [0, 0.1) is 5.82 Å². The fourth-order valence-electron chi connectivity index (χ4n) is 3.05. The second-order valence-electron chi connectivity index (χ2n) is 6.18. The molecule has 0 radical (unpaired) electrons. The summed E-state index contributed by atoms with van der Waals surface area (Å²) < 4.78 is 20.8. The molecule has 24 heavy (non-hydrogen) atoms. The van der Waals surface area contributed by atoms with Crippen LogP contribution >= 0.6 is 0 Å². The topological polar surface area (TPSA) is 63.4 Å². The minimum atomic E-state index is -0.570. The van der Waals surface area contributed by atoms with Gasteiger partial charge >= 0.3 is 0 Å². The summed E-state index contributed by atoms with van der Waals surface area (Å²) in [4.78, 5) is 2.23. The third-order valence-electron chi connectivity index (χ3n) is 4.37. The normalized spacial score (nSPS) is 17.9. The smallest absolute Gasteiger partial charge is 0.128 e. The number of β-amino-alcohol motifs (C(OH)–C–C–N with tert-alkyl or cyclic N) is 1. The average molecular weight is 334 g/mol. The quantitative estimate of drug-likeness (QED) is 0.834. The first kappa shape index (κ1) is 17.0. The summed E-state index contributed by atoms with van der Waals surface area (Å²) in [6, 6.07) is 6.91. The molecule has 1 aromatic heterocycles. The van der Waals surface area contributed by atoms with Crippen LogP contribution in [0.2, 0.25) is 0 Å². The van der Waals surface area contributed by atoms with E-state index in [1.54, 1.807) is 24.4 Å². The third-order valence-corrected chi connectivity index (χ3v) is 4.37. The van der Waals surface area contributed by atoms with Crippen LogP contribution in [0.15, 0.2) is 36.7 Å². The van der Waals surface area contributed by atoms with Gasteiger partial charge in [-0.15, -0.1) is 5.10 Å². The van der Waals surface area contributed by atoms with E-state index >= 15 is 0 Å². The van der Waals surface area contributed by atoms with Gasteiger partial charge in [-0.3, -0.25) is 0 Å². The molecule has 130 valence electrons. The Hall–Kier alpha value is -1.83. The molecule has 1 saturated heterocycles. The molecule has 0 spiro atoms. The van der Waals surface area contributed by atoms with Crippen LogP contribution in [0.1, 0.15) is 24.4 Å². The number of ether oxygens (including phenoxy) is 1. The lowest BCUT2D eigenvalue weighted by atomic mass is 10.1. The van der Waals surface area contributed by atoms with Gasteiger partial charge in [0.15, 0.2) is 0 Å². The number of aromatic nitrogens is 3. The Morgan fingerprint density at radius 1 is 1.29 bits per heavy atom. The van der Waals surface area contributed by atoms with Crippen LogP contribution < -0.4 is 0 Å². The standard InChI is InChI=1S/C17H23FN4O2/c18-17-4-2-1-3-14(17)12-24-13-16(23)11-21-8-5-15(6-9-21)22-10-7-19-20-22/h1-4,7,10,15-16,23H,5-6,8-9,11-13H2. The first-order valence-corrected chi connectivity index (χ1v) is 8.30. The Labute approximate surface area is 140 Å². The number of piperidine rings is 1. The zero-order chi connectivity index (χ0) is 16.8. The summed E-state index contributed by atoms with van der Waals surface area (Å²) in [6.07, 6.45) is 5.01. The highest BCUT2D eigenvalue weighted by Gasteiger charge is 2.22. The molecule has 3 rings (SSSR count). The van der Waals surface area contributed by atoms with Crippen LogP contribution in [0.25, 0.3) is 0 Å². The number of hydrogen-bond acceptors (Lipinski definition) is 5. The first-order valence-electron chi connectivity index (χ1n) is 8.30. The highest BCUT2D eigenvalue weighted by Crippen LogP contribution is 2.21. The van der Waals surface area contributed by atoms with Crippen molar-refractivity contribution < 1.29 is 14.2 Å². The van der Waals surface area contributed by atoms with Crippen molar-refractivity contribution in [2.24, 2.45) is 0 Å². The van der Waals surface area contributed by atoms with Gasteiger partial charge in [0.25, 0.3) is 0 Å². The fraction of sp³-hybridized carbons (Fsp3) is 0.529. The minimum absolute atomic E-state index is 0.179. The summed E-state index contributed by atoms with van der Waals surface area (Å²) in [5.74, 6) is -0.276. The van der Waals surface area contributed by atoms with E-state index in [9.17, 15) is 9.50 Å². The van der Waals surface area contributed by atoms with Crippen molar-refractivity contribution in [3.63, 3.8) is 0 Å². The molecule has 1 unspecified atom stereocenters. The lowest BCUT2D eigenvalue weighted by Crippen LogP contribution is -2.40. The van der Waals surface area contributed by atoms with Crippen LogP contribution in [-0.2, 0) is 11.3 Å². The van der Waals surface area contributed by atoms with E-state index in [-0.39, 0.29) is 19.0 Å². The van der Waals surface area contributed by atoms with Crippen molar-refractivity contribution in [1.82, 2.24) is 19.9 Å². The number of aliphatic hydroxyl groups is 1. The Kier molecular flexibility index (Phi) is 5.90. The fourth-order valence-corrected chi connectivity index (χ4v) is 3.05. The van der Waals surface area contributed by atoms with Gasteiger partial charge in [-0.2, -0.15) is 0 Å². The molecular formula is C17H23FN4O2. The van der Waals surface area contributed by atoms with E-state index in [0.29, 0.717) is 18.2 Å². The molecule has 1 fully saturated rings. The molecule has 1 N–H and O–H groups in total. The summed E-state index contributed by atoms with van der Waals surface area (Å²) >= 11 is 0. The van der Waals surface area contributed by atoms with Gasteiger partial charge in [0, 0.05) is 31.4 Å². The van der Waals surface area contributed by atoms with Crippen LogP contribution in [-0.4, -0.2) is 57.3 Å². The lowest BCUT2D eigenvalue weighted by Gasteiger charge is -2.32. The first-order chi connectivity index (χ1) is 11.7. The molecule has 6 nitrogen and oxygen atoms in total. The van der Waals surface area contributed by atoms with Crippen molar-refractivity contribution >= 4 is 0 Å². The van der Waals surface area contributed by atoms with Gasteiger partial charge < -0.3 is 14.7 Å². The monoisotopic (exact) mass is 334 g/mol. The molecule has 1 atom stereocenters. The van der Waals surface area contributed by atoms with Gasteiger partial charge in [-0.1, -0.05) is 23.4 Å². The summed E-state index contributed by atoms with van der Waals surface area (Å²) in [6.45, 7) is 2.78. The maximum absolute atomic E-state index is 13.5. The molecule has 7 heteroatoms. The number of benzene rings is 1. The number of halogens is 1. The Balaban J connectivity index is 1.35. The van der Waals surface area contributed by atoms with E-state index in [4.69, 9.17) is 4.74 Å². The SMILES string of the molecule is OC(COCc1ccccc1F)CN1CCC(n2ccnn2)CC1. The maximum atomic E-state index is 13.5. The van der Waals surface area contributed by atoms with Crippen molar-refractivity contribution in [1.29, 1.82) is 0 Å². The lowest BCUT2D eigenvalue weighted by molar-refractivity contribution is 0.00386. The van der Waals surface area contributed by atoms with Gasteiger partial charge in [-0.25, -0.2) is 9.07 Å². The molecule has 1 aliphatic rings. The Bertz CT molecular complexity index is 615. The number of likely N-dealkylation sites (tertiary alicyclic amines) is 1. The maximum Gasteiger partial charge on any atom is 0.128 e. The Morgan fingerprint density at radius 3 is 2.79 bits per heavy atom. The van der Waals surface area contributed by atoms with E-state index in [1.165, 1.54) is 6.07 Å². The average Bonchev–Trinajstić information content (AvgIpc) is 3.12. The number of hydrogen-bond donors (Lipinski definition) is 1. The largest absolute Gasteiger partial charge is 0.389 e. The summed E-state index contributed by atoms with van der Waals surface area (Å²) in [5.41, 5.74) is 0.512. The van der Waals surface area contributed by atoms with Crippen LogP contribution in [0.4, 0.5) is 4.39 Å². The molecular weight excluding hydrogens is 311 g/mol.